The second-order valence-corrected chi connectivity index (χ2v) is 5.68. The number of hydrogen-bond acceptors (Lipinski definition) is 4. The standard InChI is InChI=1S/C3H10N2O4S2/c1-10(6,7)4-3-5-11(2,8)9/h4-5H,3H2,1-2H3. The largest absolute Gasteiger partial charge is 0.213 e. The third-order valence-electron chi connectivity index (χ3n) is 0.669. The maximum atomic E-state index is 10.4. The topological polar surface area (TPSA) is 92.3 Å². The Morgan fingerprint density at radius 1 is 0.909 bits per heavy atom. The summed E-state index contributed by atoms with van der Waals surface area (Å²) in [6.45, 7) is -0.308. The Kier molecular flexibility index (Phi) is 3.42. The minimum atomic E-state index is -3.32. The molecular formula is C3H10N2O4S2. The lowest BCUT2D eigenvalue weighted by atomic mass is 11.3. The van der Waals surface area contributed by atoms with Crippen LogP contribution in [0.4, 0.5) is 0 Å². The maximum Gasteiger partial charge on any atom is 0.209 e. The van der Waals surface area contributed by atoms with Crippen LogP contribution < -0.4 is 9.44 Å². The molecule has 11 heavy (non-hydrogen) atoms. The second kappa shape index (κ2) is 3.48. The lowest BCUT2D eigenvalue weighted by molar-refractivity contribution is 0.576. The van der Waals surface area contributed by atoms with Crippen LogP contribution in [0.25, 0.3) is 0 Å². The molecule has 0 aromatic rings. The summed E-state index contributed by atoms with van der Waals surface area (Å²) in [5.41, 5.74) is 0. The number of nitrogens with one attached hydrogen (secondary N) is 2. The Labute approximate surface area is 66.1 Å². The van der Waals surface area contributed by atoms with E-state index in [1.807, 2.05) is 9.44 Å². The summed E-state index contributed by atoms with van der Waals surface area (Å²) in [5.74, 6) is 0. The molecule has 0 spiro atoms. The average Bonchev–Trinajstić information content (AvgIpc) is 1.55. The molecule has 0 unspecified atom stereocenters. The number of sulfonamides is 2. The molecule has 0 aliphatic rings. The monoisotopic (exact) mass is 202 g/mol. The highest BCUT2D eigenvalue weighted by atomic mass is 32.2. The van der Waals surface area contributed by atoms with Crippen molar-refractivity contribution in [3.05, 3.63) is 0 Å². The molecule has 6 nitrogen and oxygen atoms in total. The van der Waals surface area contributed by atoms with Crippen LogP contribution in [-0.4, -0.2) is 36.0 Å². The van der Waals surface area contributed by atoms with Gasteiger partial charge in [-0.15, -0.1) is 0 Å². The van der Waals surface area contributed by atoms with E-state index in [1.54, 1.807) is 0 Å². The predicted molar refractivity (Wildman–Crippen MR) is 40.8 cm³/mol. The number of hydrogen-bond donors (Lipinski definition) is 2. The van der Waals surface area contributed by atoms with Crippen molar-refractivity contribution in [3.63, 3.8) is 0 Å². The van der Waals surface area contributed by atoms with Gasteiger partial charge in [-0.05, 0) is 0 Å². The van der Waals surface area contributed by atoms with E-state index >= 15 is 0 Å². The van der Waals surface area contributed by atoms with Crippen LogP contribution in [-0.2, 0) is 20.0 Å². The Morgan fingerprint density at radius 2 is 1.18 bits per heavy atom. The van der Waals surface area contributed by atoms with Crippen molar-refractivity contribution in [2.75, 3.05) is 19.2 Å². The first-order valence-electron chi connectivity index (χ1n) is 2.60. The summed E-state index contributed by atoms with van der Waals surface area (Å²) in [6, 6.07) is 0. The van der Waals surface area contributed by atoms with Gasteiger partial charge in [0.05, 0.1) is 19.2 Å². The van der Waals surface area contributed by atoms with Crippen molar-refractivity contribution in [2.45, 2.75) is 0 Å². The van der Waals surface area contributed by atoms with Gasteiger partial charge in [0, 0.05) is 0 Å². The minimum Gasteiger partial charge on any atom is -0.213 e. The van der Waals surface area contributed by atoms with E-state index in [2.05, 4.69) is 0 Å². The molecule has 0 fully saturated rings. The third kappa shape index (κ3) is 9.82. The molecule has 0 aromatic heterocycles. The van der Waals surface area contributed by atoms with Crippen LogP contribution in [0.1, 0.15) is 0 Å². The van der Waals surface area contributed by atoms with Crippen LogP contribution >= 0.6 is 0 Å². The maximum absolute atomic E-state index is 10.4. The average molecular weight is 202 g/mol. The first kappa shape index (κ1) is 10.8. The van der Waals surface area contributed by atoms with Gasteiger partial charge in [-0.3, -0.25) is 0 Å². The fourth-order valence-electron chi connectivity index (χ4n) is 0.292. The molecule has 0 atom stereocenters. The molecule has 0 aliphatic carbocycles. The fraction of sp³-hybridized carbons (Fsp3) is 1.00. The Bertz CT molecular complexity index is 270. The third-order valence-corrected chi connectivity index (χ3v) is 2.01. The molecule has 0 rings (SSSR count). The Hall–Kier alpha value is -0.180. The Balaban J connectivity index is 3.79. The van der Waals surface area contributed by atoms with Crippen LogP contribution in [0.2, 0.25) is 0 Å². The predicted octanol–water partition coefficient (Wildman–Crippen LogP) is -1.96. The van der Waals surface area contributed by atoms with Crippen LogP contribution in [0.15, 0.2) is 0 Å². The molecule has 0 heterocycles. The second-order valence-electron chi connectivity index (χ2n) is 2.01. The SMILES string of the molecule is CS(=O)(=O)NCNS(C)(=O)=O. The van der Waals surface area contributed by atoms with E-state index in [4.69, 9.17) is 0 Å². The van der Waals surface area contributed by atoms with Gasteiger partial charge in [-0.25, -0.2) is 26.3 Å². The fourth-order valence-corrected chi connectivity index (χ4v) is 1.05. The highest BCUT2D eigenvalue weighted by Crippen LogP contribution is 1.73. The number of rotatable bonds is 4. The van der Waals surface area contributed by atoms with Crippen molar-refractivity contribution in [1.82, 2.24) is 9.44 Å². The van der Waals surface area contributed by atoms with Gasteiger partial charge in [0.25, 0.3) is 0 Å². The molecule has 68 valence electrons. The smallest absolute Gasteiger partial charge is 0.209 e. The Morgan fingerprint density at radius 3 is 1.36 bits per heavy atom. The van der Waals surface area contributed by atoms with Crippen LogP contribution in [0, 0.1) is 0 Å². The first-order chi connectivity index (χ1) is 4.71. The zero-order chi connectivity index (χ0) is 9.12. The van der Waals surface area contributed by atoms with Gasteiger partial charge in [0.1, 0.15) is 0 Å². The van der Waals surface area contributed by atoms with Crippen molar-refractivity contribution < 1.29 is 16.8 Å². The van der Waals surface area contributed by atoms with Crippen molar-refractivity contribution in [1.29, 1.82) is 0 Å². The van der Waals surface area contributed by atoms with Crippen LogP contribution in [0.3, 0.4) is 0 Å². The van der Waals surface area contributed by atoms with E-state index in [0.29, 0.717) is 0 Å². The van der Waals surface area contributed by atoms with E-state index in [1.165, 1.54) is 0 Å². The van der Waals surface area contributed by atoms with Gasteiger partial charge in [-0.2, -0.15) is 0 Å². The van der Waals surface area contributed by atoms with E-state index in [9.17, 15) is 16.8 Å². The zero-order valence-corrected chi connectivity index (χ0v) is 7.79. The summed E-state index contributed by atoms with van der Waals surface area (Å²) < 4.78 is 45.4. The normalized spacial score (nSPS) is 13.3. The lowest BCUT2D eigenvalue weighted by Gasteiger charge is -2.01. The molecule has 8 heteroatoms. The molecule has 0 bridgehead atoms. The summed E-state index contributed by atoms with van der Waals surface area (Å²) >= 11 is 0. The van der Waals surface area contributed by atoms with Gasteiger partial charge >= 0.3 is 0 Å². The van der Waals surface area contributed by atoms with Gasteiger partial charge in [-0.1, -0.05) is 0 Å². The summed E-state index contributed by atoms with van der Waals surface area (Å²) in [7, 11) is -6.65. The zero-order valence-electron chi connectivity index (χ0n) is 6.16. The molecule has 2 N–H and O–H groups in total. The highest BCUT2D eigenvalue weighted by molar-refractivity contribution is 7.89. The van der Waals surface area contributed by atoms with Crippen molar-refractivity contribution in [2.24, 2.45) is 0 Å². The molecule has 0 saturated heterocycles. The first-order valence-corrected chi connectivity index (χ1v) is 6.38. The summed E-state index contributed by atoms with van der Waals surface area (Å²) in [6.07, 6.45) is 1.88. The van der Waals surface area contributed by atoms with Crippen molar-refractivity contribution >= 4 is 20.0 Å². The van der Waals surface area contributed by atoms with E-state index < -0.39 is 20.0 Å². The van der Waals surface area contributed by atoms with E-state index in [-0.39, 0.29) is 6.67 Å². The van der Waals surface area contributed by atoms with Crippen LogP contribution in [0.5, 0.6) is 0 Å². The molecule has 0 aromatic carbocycles. The van der Waals surface area contributed by atoms with Gasteiger partial charge < -0.3 is 0 Å². The summed E-state index contributed by atoms with van der Waals surface area (Å²) in [5, 5.41) is 0. The van der Waals surface area contributed by atoms with Crippen molar-refractivity contribution in [3.8, 4) is 0 Å². The minimum absolute atomic E-state index is 0.308. The highest BCUT2D eigenvalue weighted by Gasteiger charge is 2.02. The molecule has 0 saturated carbocycles. The van der Waals surface area contributed by atoms with Gasteiger partial charge in [0.2, 0.25) is 20.0 Å². The summed E-state index contributed by atoms with van der Waals surface area (Å²) in [4.78, 5) is 0. The van der Waals surface area contributed by atoms with E-state index in [0.717, 1.165) is 12.5 Å². The molecular weight excluding hydrogens is 192 g/mol. The lowest BCUT2D eigenvalue weighted by Crippen LogP contribution is -2.35. The molecule has 0 radical (unpaired) electrons. The quantitative estimate of drug-likeness (QED) is 0.518. The molecule has 0 amide bonds. The van der Waals surface area contributed by atoms with Gasteiger partial charge in [0.15, 0.2) is 0 Å². The molecule has 0 aliphatic heterocycles.